The molecule has 2 unspecified atom stereocenters. The molecule has 1 fully saturated rings. The van der Waals surface area contributed by atoms with Crippen LogP contribution in [0.15, 0.2) is 0 Å². The quantitative estimate of drug-likeness (QED) is 0.907. The number of carboxylic acid groups (broad SMARTS) is 1. The highest BCUT2D eigenvalue weighted by molar-refractivity contribution is 7.99. The normalized spacial score (nSPS) is 27.2. The molecule has 1 aromatic heterocycles. The molecule has 0 aromatic carbocycles. The zero-order chi connectivity index (χ0) is 12.7. The van der Waals surface area contributed by atoms with Gasteiger partial charge < -0.3 is 9.67 Å². The third-order valence-electron chi connectivity index (χ3n) is 3.83. The van der Waals surface area contributed by atoms with Crippen molar-refractivity contribution in [3.8, 4) is 0 Å². The molecule has 0 saturated carbocycles. The number of imidazole rings is 1. The summed E-state index contributed by atoms with van der Waals surface area (Å²) in [5.41, 5.74) is 1.03. The number of hydrogen-bond acceptors (Lipinski definition) is 3. The number of carbonyl (C=O) groups is 1. The second-order valence-electron chi connectivity index (χ2n) is 4.95. The van der Waals surface area contributed by atoms with Gasteiger partial charge in [0.1, 0.15) is 5.82 Å². The number of hydrogen-bond donors (Lipinski definition) is 1. The van der Waals surface area contributed by atoms with Gasteiger partial charge in [0.25, 0.3) is 0 Å². The molecule has 0 spiro atoms. The number of carboxylic acids is 1. The third-order valence-corrected chi connectivity index (χ3v) is 5.29. The van der Waals surface area contributed by atoms with Crippen LogP contribution in [0.25, 0.3) is 0 Å². The van der Waals surface area contributed by atoms with E-state index in [9.17, 15) is 4.79 Å². The number of aromatic nitrogens is 2. The predicted molar refractivity (Wildman–Crippen MR) is 71.4 cm³/mol. The van der Waals surface area contributed by atoms with Gasteiger partial charge in [-0.25, -0.2) is 4.98 Å². The molecule has 1 N–H and O–H groups in total. The SMILES string of the molecule is O=C(O)C1CCc2c(Cl)nc(C3CCSC3)n2C1. The Labute approximate surface area is 115 Å². The fourth-order valence-electron chi connectivity index (χ4n) is 2.79. The van der Waals surface area contributed by atoms with E-state index in [0.29, 0.717) is 24.0 Å². The van der Waals surface area contributed by atoms with Crippen LogP contribution in [0.5, 0.6) is 0 Å². The average molecular weight is 287 g/mol. The Morgan fingerprint density at radius 1 is 1.50 bits per heavy atom. The van der Waals surface area contributed by atoms with E-state index in [0.717, 1.165) is 35.9 Å². The van der Waals surface area contributed by atoms with Crippen LogP contribution in [-0.4, -0.2) is 32.1 Å². The highest BCUT2D eigenvalue weighted by Crippen LogP contribution is 2.36. The molecule has 2 aliphatic rings. The van der Waals surface area contributed by atoms with E-state index in [1.54, 1.807) is 0 Å². The second-order valence-corrected chi connectivity index (χ2v) is 6.46. The molecule has 1 saturated heterocycles. The first-order valence-electron chi connectivity index (χ1n) is 6.22. The summed E-state index contributed by atoms with van der Waals surface area (Å²) in [6.07, 6.45) is 2.51. The van der Waals surface area contributed by atoms with Gasteiger partial charge in [0.05, 0.1) is 11.6 Å². The number of rotatable bonds is 2. The van der Waals surface area contributed by atoms with Gasteiger partial charge in [0, 0.05) is 18.2 Å². The van der Waals surface area contributed by atoms with Gasteiger partial charge in [-0.1, -0.05) is 11.6 Å². The molecule has 4 nitrogen and oxygen atoms in total. The van der Waals surface area contributed by atoms with Crippen molar-refractivity contribution in [1.82, 2.24) is 9.55 Å². The molecule has 98 valence electrons. The Balaban J connectivity index is 1.95. The molecule has 0 aliphatic carbocycles. The van der Waals surface area contributed by atoms with Crippen LogP contribution >= 0.6 is 23.4 Å². The molecular formula is C12H15ClN2O2S. The number of thioether (sulfide) groups is 1. The molecular weight excluding hydrogens is 272 g/mol. The van der Waals surface area contributed by atoms with Crippen molar-refractivity contribution in [3.05, 3.63) is 16.7 Å². The monoisotopic (exact) mass is 286 g/mol. The van der Waals surface area contributed by atoms with Crippen molar-refractivity contribution < 1.29 is 9.90 Å². The van der Waals surface area contributed by atoms with Crippen molar-refractivity contribution in [2.75, 3.05) is 11.5 Å². The first kappa shape index (κ1) is 12.4. The molecule has 1 aromatic rings. The number of halogens is 1. The minimum atomic E-state index is -0.711. The summed E-state index contributed by atoms with van der Waals surface area (Å²) < 4.78 is 2.07. The van der Waals surface area contributed by atoms with Crippen LogP contribution in [0.2, 0.25) is 5.15 Å². The standard InChI is InChI=1S/C12H15ClN2O2S/c13-10-9-2-1-7(12(16)17)5-15(9)11(14-10)8-3-4-18-6-8/h7-8H,1-6H2,(H,16,17). The summed E-state index contributed by atoms with van der Waals surface area (Å²) in [6.45, 7) is 0.529. The van der Waals surface area contributed by atoms with E-state index in [4.69, 9.17) is 16.7 Å². The summed E-state index contributed by atoms with van der Waals surface area (Å²) in [5.74, 6) is 2.67. The van der Waals surface area contributed by atoms with E-state index in [2.05, 4.69) is 9.55 Å². The maximum Gasteiger partial charge on any atom is 0.308 e. The lowest BCUT2D eigenvalue weighted by atomic mass is 9.97. The zero-order valence-corrected chi connectivity index (χ0v) is 11.5. The van der Waals surface area contributed by atoms with Crippen molar-refractivity contribution in [2.24, 2.45) is 5.92 Å². The van der Waals surface area contributed by atoms with Crippen molar-refractivity contribution >= 4 is 29.3 Å². The van der Waals surface area contributed by atoms with Gasteiger partial charge in [-0.2, -0.15) is 11.8 Å². The van der Waals surface area contributed by atoms with Gasteiger partial charge in [0.2, 0.25) is 0 Å². The summed E-state index contributed by atoms with van der Waals surface area (Å²) in [5, 5.41) is 9.73. The van der Waals surface area contributed by atoms with E-state index < -0.39 is 5.97 Å². The summed E-state index contributed by atoms with van der Waals surface area (Å²) >= 11 is 8.11. The number of aliphatic carboxylic acids is 1. The second kappa shape index (κ2) is 4.78. The molecule has 0 amide bonds. The van der Waals surface area contributed by atoms with Crippen LogP contribution in [0, 0.1) is 5.92 Å². The van der Waals surface area contributed by atoms with Crippen molar-refractivity contribution in [3.63, 3.8) is 0 Å². The van der Waals surface area contributed by atoms with Crippen LogP contribution in [0.1, 0.15) is 30.3 Å². The predicted octanol–water partition coefficient (Wildman–Crippen LogP) is 2.40. The van der Waals surface area contributed by atoms with Crippen molar-refractivity contribution in [2.45, 2.75) is 31.7 Å². The molecule has 0 bridgehead atoms. The van der Waals surface area contributed by atoms with Crippen LogP contribution in [0.4, 0.5) is 0 Å². The van der Waals surface area contributed by atoms with E-state index >= 15 is 0 Å². The molecule has 2 aliphatic heterocycles. The summed E-state index contributed by atoms with van der Waals surface area (Å²) in [6, 6.07) is 0. The Hall–Kier alpha value is -0.680. The summed E-state index contributed by atoms with van der Waals surface area (Å²) in [7, 11) is 0. The van der Waals surface area contributed by atoms with Crippen LogP contribution in [-0.2, 0) is 17.8 Å². The maximum absolute atomic E-state index is 11.1. The van der Waals surface area contributed by atoms with Crippen LogP contribution < -0.4 is 0 Å². The molecule has 6 heteroatoms. The maximum atomic E-state index is 11.1. The minimum Gasteiger partial charge on any atom is -0.481 e. The largest absolute Gasteiger partial charge is 0.481 e. The van der Waals surface area contributed by atoms with Crippen molar-refractivity contribution in [1.29, 1.82) is 0 Å². The zero-order valence-electron chi connectivity index (χ0n) is 9.93. The highest BCUT2D eigenvalue weighted by Gasteiger charge is 2.32. The van der Waals surface area contributed by atoms with Gasteiger partial charge in [-0.05, 0) is 25.0 Å². The molecule has 3 heterocycles. The van der Waals surface area contributed by atoms with E-state index in [1.165, 1.54) is 0 Å². The lowest BCUT2D eigenvalue weighted by molar-refractivity contribution is -0.142. The van der Waals surface area contributed by atoms with Gasteiger partial charge >= 0.3 is 5.97 Å². The van der Waals surface area contributed by atoms with Gasteiger partial charge in [0.15, 0.2) is 5.15 Å². The number of fused-ring (bicyclic) bond motifs is 1. The summed E-state index contributed by atoms with van der Waals surface area (Å²) in [4.78, 5) is 15.6. The first-order valence-corrected chi connectivity index (χ1v) is 7.75. The smallest absolute Gasteiger partial charge is 0.308 e. The Kier molecular flexibility index (Phi) is 3.28. The molecule has 0 radical (unpaired) electrons. The highest BCUT2D eigenvalue weighted by atomic mass is 35.5. The minimum absolute atomic E-state index is 0.296. The van der Waals surface area contributed by atoms with E-state index in [-0.39, 0.29) is 5.92 Å². The van der Waals surface area contributed by atoms with E-state index in [1.807, 2.05) is 11.8 Å². The Bertz CT molecular complexity index is 483. The molecule has 3 rings (SSSR count). The Morgan fingerprint density at radius 3 is 3.00 bits per heavy atom. The lowest BCUT2D eigenvalue weighted by Gasteiger charge is -2.23. The van der Waals surface area contributed by atoms with Crippen LogP contribution in [0.3, 0.4) is 0 Å². The first-order chi connectivity index (χ1) is 8.66. The van der Waals surface area contributed by atoms with Gasteiger partial charge in [-0.3, -0.25) is 4.79 Å². The topological polar surface area (TPSA) is 55.1 Å². The van der Waals surface area contributed by atoms with Gasteiger partial charge in [-0.15, -0.1) is 0 Å². The third kappa shape index (κ3) is 2.03. The average Bonchev–Trinajstić information content (AvgIpc) is 2.97. The Morgan fingerprint density at radius 2 is 2.33 bits per heavy atom. The molecule has 18 heavy (non-hydrogen) atoms. The fraction of sp³-hybridized carbons (Fsp3) is 0.667. The lowest BCUT2D eigenvalue weighted by Crippen LogP contribution is -2.28. The molecule has 2 atom stereocenters. The fourth-order valence-corrected chi connectivity index (χ4v) is 4.29. The number of nitrogens with zero attached hydrogens (tertiary/aromatic N) is 2.